The van der Waals surface area contributed by atoms with Crippen LogP contribution in [0, 0.1) is 5.92 Å². The quantitative estimate of drug-likeness (QED) is 0.871. The molecule has 1 amide bonds. The van der Waals surface area contributed by atoms with Gasteiger partial charge < -0.3 is 10.0 Å². The molecule has 3 heterocycles. The number of likely N-dealkylation sites (tertiary alicyclic amines) is 1. The summed E-state index contributed by atoms with van der Waals surface area (Å²) in [6.07, 6.45) is 6.22. The van der Waals surface area contributed by atoms with Crippen LogP contribution in [-0.4, -0.2) is 44.4 Å². The number of halogens is 1. The number of thiazole rings is 1. The molecule has 1 atom stereocenters. The average Bonchev–Trinajstić information content (AvgIpc) is 3.06. The summed E-state index contributed by atoms with van der Waals surface area (Å²) in [6, 6.07) is 0. The van der Waals surface area contributed by atoms with Crippen molar-refractivity contribution in [1.29, 1.82) is 0 Å². The van der Waals surface area contributed by atoms with Crippen molar-refractivity contribution < 1.29 is 14.7 Å². The highest BCUT2D eigenvalue weighted by Crippen LogP contribution is 2.23. The van der Waals surface area contributed by atoms with Gasteiger partial charge in [0.15, 0.2) is 10.1 Å². The Morgan fingerprint density at radius 1 is 1.50 bits per heavy atom. The van der Waals surface area contributed by atoms with Gasteiger partial charge in [-0.2, -0.15) is 0 Å². The van der Waals surface area contributed by atoms with Gasteiger partial charge in [0.2, 0.25) is 5.91 Å². The second-order valence-electron chi connectivity index (χ2n) is 5.14. The number of carbonyl (C=O) groups is 2. The third-order valence-electron chi connectivity index (χ3n) is 3.72. The first-order valence-electron chi connectivity index (χ1n) is 6.87. The molecule has 0 aliphatic carbocycles. The molecule has 1 unspecified atom stereocenters. The van der Waals surface area contributed by atoms with Gasteiger partial charge in [0, 0.05) is 30.7 Å². The number of fused-ring (bicyclic) bond motifs is 1. The number of aromatic nitrogens is 2. The fraction of sp³-hybridized carbons (Fsp3) is 0.357. The topological polar surface area (TPSA) is 74.9 Å². The highest BCUT2D eigenvalue weighted by atomic mass is 35.5. The maximum Gasteiger partial charge on any atom is 0.308 e. The number of carbonyl (C=O) groups excluding carboxylic acids is 1. The average molecular weight is 340 g/mol. The Balaban J connectivity index is 1.74. The predicted molar refractivity (Wildman–Crippen MR) is 84.1 cm³/mol. The van der Waals surface area contributed by atoms with Gasteiger partial charge in [0.1, 0.15) is 0 Å². The fourth-order valence-corrected chi connectivity index (χ4v) is 3.57. The lowest BCUT2D eigenvalue weighted by atomic mass is 9.98. The van der Waals surface area contributed by atoms with E-state index in [1.54, 1.807) is 11.0 Å². The number of aliphatic carboxylic acids is 1. The molecule has 3 rings (SSSR count). The van der Waals surface area contributed by atoms with Crippen LogP contribution in [-0.2, 0) is 9.59 Å². The summed E-state index contributed by atoms with van der Waals surface area (Å²) < 4.78 is 1.81. The third kappa shape index (κ3) is 2.86. The van der Waals surface area contributed by atoms with Crippen LogP contribution in [0.25, 0.3) is 11.0 Å². The number of nitrogens with zero attached hydrogens (tertiary/aromatic N) is 3. The highest BCUT2D eigenvalue weighted by molar-refractivity contribution is 7.15. The number of rotatable bonds is 3. The molecule has 0 saturated carbocycles. The van der Waals surface area contributed by atoms with E-state index in [-0.39, 0.29) is 12.5 Å². The second-order valence-corrected chi connectivity index (χ2v) is 6.37. The summed E-state index contributed by atoms with van der Waals surface area (Å²) in [6.45, 7) is 0.841. The minimum absolute atomic E-state index is 0.202. The summed E-state index contributed by atoms with van der Waals surface area (Å²) >= 11 is 7.52. The van der Waals surface area contributed by atoms with Crippen molar-refractivity contribution in [3.8, 4) is 0 Å². The second kappa shape index (κ2) is 6.10. The van der Waals surface area contributed by atoms with Crippen LogP contribution in [0.15, 0.2) is 17.7 Å². The molecule has 116 valence electrons. The summed E-state index contributed by atoms with van der Waals surface area (Å²) in [7, 11) is 0. The van der Waals surface area contributed by atoms with E-state index >= 15 is 0 Å². The number of carboxylic acid groups (broad SMARTS) is 1. The normalized spacial score (nSPS) is 19.1. The zero-order chi connectivity index (χ0) is 15.7. The maximum absolute atomic E-state index is 12.2. The Hall–Kier alpha value is -1.86. The van der Waals surface area contributed by atoms with Gasteiger partial charge in [0.25, 0.3) is 0 Å². The van der Waals surface area contributed by atoms with E-state index in [4.69, 9.17) is 16.7 Å². The number of piperidine rings is 1. The van der Waals surface area contributed by atoms with Gasteiger partial charge in [-0.05, 0) is 18.9 Å². The van der Waals surface area contributed by atoms with Crippen molar-refractivity contribution in [3.63, 3.8) is 0 Å². The first-order valence-corrected chi connectivity index (χ1v) is 8.13. The van der Waals surface area contributed by atoms with Gasteiger partial charge in [-0.3, -0.25) is 14.0 Å². The van der Waals surface area contributed by atoms with Crippen molar-refractivity contribution in [2.24, 2.45) is 5.92 Å². The smallest absolute Gasteiger partial charge is 0.308 e. The minimum Gasteiger partial charge on any atom is -0.481 e. The molecule has 1 fully saturated rings. The lowest BCUT2D eigenvalue weighted by Crippen LogP contribution is -2.41. The van der Waals surface area contributed by atoms with E-state index in [0.717, 1.165) is 4.96 Å². The molecule has 0 spiro atoms. The predicted octanol–water partition coefficient (Wildman–Crippen LogP) is 2.39. The molecule has 0 bridgehead atoms. The lowest BCUT2D eigenvalue weighted by molar-refractivity contribution is -0.144. The Morgan fingerprint density at radius 2 is 2.32 bits per heavy atom. The minimum atomic E-state index is -0.847. The molecular weight excluding hydrogens is 326 g/mol. The number of amides is 1. The monoisotopic (exact) mass is 339 g/mol. The van der Waals surface area contributed by atoms with Crippen LogP contribution in [0.3, 0.4) is 0 Å². The van der Waals surface area contributed by atoms with Crippen LogP contribution >= 0.6 is 22.9 Å². The van der Waals surface area contributed by atoms with Crippen LogP contribution < -0.4 is 0 Å². The fourth-order valence-electron chi connectivity index (χ4n) is 2.56. The van der Waals surface area contributed by atoms with E-state index in [1.807, 2.05) is 16.0 Å². The molecule has 1 aliphatic rings. The van der Waals surface area contributed by atoms with E-state index in [1.165, 1.54) is 17.4 Å². The van der Waals surface area contributed by atoms with Crippen molar-refractivity contribution in [3.05, 3.63) is 28.5 Å². The van der Waals surface area contributed by atoms with Crippen LogP contribution in [0.1, 0.15) is 18.5 Å². The van der Waals surface area contributed by atoms with Gasteiger partial charge in [-0.1, -0.05) is 11.6 Å². The number of imidazole rings is 1. The molecule has 1 N–H and O–H groups in total. The molecule has 2 aromatic rings. The molecule has 0 aromatic carbocycles. The summed E-state index contributed by atoms with van der Waals surface area (Å²) in [5, 5.41) is 11.3. The van der Waals surface area contributed by atoms with Crippen LogP contribution in [0.2, 0.25) is 5.15 Å². The van der Waals surface area contributed by atoms with Crippen LogP contribution in [0.4, 0.5) is 0 Å². The van der Waals surface area contributed by atoms with Crippen molar-refractivity contribution in [2.45, 2.75) is 12.8 Å². The van der Waals surface area contributed by atoms with Gasteiger partial charge in [0.05, 0.1) is 11.6 Å². The molecule has 2 aromatic heterocycles. The Labute approximate surface area is 135 Å². The first-order chi connectivity index (χ1) is 10.6. The number of hydrogen-bond acceptors (Lipinski definition) is 4. The van der Waals surface area contributed by atoms with E-state index < -0.39 is 11.9 Å². The molecule has 1 aliphatic heterocycles. The third-order valence-corrected chi connectivity index (χ3v) is 4.75. The maximum atomic E-state index is 12.2. The Bertz CT molecular complexity index is 752. The van der Waals surface area contributed by atoms with E-state index in [0.29, 0.717) is 30.2 Å². The standard InChI is InChI=1S/C14H14ClN3O3S/c15-12-10(18-6-7-22-14(18)16-12)3-4-11(19)17-5-1-2-9(8-17)13(20)21/h3-4,6-7,9H,1-2,5,8H2,(H,20,21)/b4-3+. The van der Waals surface area contributed by atoms with Gasteiger partial charge in [-0.25, -0.2) is 4.98 Å². The van der Waals surface area contributed by atoms with E-state index in [2.05, 4.69) is 4.98 Å². The molecule has 1 saturated heterocycles. The Morgan fingerprint density at radius 3 is 3.09 bits per heavy atom. The molecule has 6 nitrogen and oxygen atoms in total. The summed E-state index contributed by atoms with van der Waals surface area (Å²) in [5.41, 5.74) is 0.651. The summed E-state index contributed by atoms with van der Waals surface area (Å²) in [4.78, 5) is 29.8. The first kappa shape index (κ1) is 15.1. The molecule has 8 heteroatoms. The van der Waals surface area contributed by atoms with Gasteiger partial charge >= 0.3 is 5.97 Å². The summed E-state index contributed by atoms with van der Waals surface area (Å²) in [5.74, 6) is -1.53. The number of hydrogen-bond donors (Lipinski definition) is 1. The van der Waals surface area contributed by atoms with Crippen molar-refractivity contribution in [1.82, 2.24) is 14.3 Å². The van der Waals surface area contributed by atoms with E-state index in [9.17, 15) is 9.59 Å². The largest absolute Gasteiger partial charge is 0.481 e. The zero-order valence-electron chi connectivity index (χ0n) is 11.6. The van der Waals surface area contributed by atoms with Crippen molar-refractivity contribution in [2.75, 3.05) is 13.1 Å². The lowest BCUT2D eigenvalue weighted by Gasteiger charge is -2.29. The molecule has 0 radical (unpaired) electrons. The SMILES string of the molecule is O=C(O)C1CCCN(C(=O)/C=C/c2c(Cl)nc3sccn23)C1. The van der Waals surface area contributed by atoms with Gasteiger partial charge in [-0.15, -0.1) is 11.3 Å². The molecular formula is C14H14ClN3O3S. The van der Waals surface area contributed by atoms with Crippen molar-refractivity contribution >= 4 is 45.9 Å². The highest BCUT2D eigenvalue weighted by Gasteiger charge is 2.27. The van der Waals surface area contributed by atoms with Crippen LogP contribution in [0.5, 0.6) is 0 Å². The number of carboxylic acids is 1. The Kier molecular flexibility index (Phi) is 4.17. The zero-order valence-corrected chi connectivity index (χ0v) is 13.2. The molecule has 22 heavy (non-hydrogen) atoms.